The summed E-state index contributed by atoms with van der Waals surface area (Å²) in [6.45, 7) is 5.73. The lowest BCUT2D eigenvalue weighted by Gasteiger charge is -2.12. The Kier molecular flexibility index (Phi) is 11.7. The quantitative estimate of drug-likeness (QED) is 0.247. The number of nitrogens with one attached hydrogen (secondary N) is 3. The molecule has 3 N–H and O–H groups in total. The maximum atomic E-state index is 12.2. The fourth-order valence-corrected chi connectivity index (χ4v) is 2.88. The van der Waals surface area contributed by atoms with Gasteiger partial charge >= 0.3 is 0 Å². The zero-order valence-corrected chi connectivity index (χ0v) is 20.8. The molecule has 1 amide bonds. The standard InChI is InChI=1S/C21H27BrN4O2.HI/c1-4-23-21(25-14-16-6-5-7-18(12-16)28-3)24-11-10-20(27)26-19-13-17(22)9-8-15(19)2;/h5-9,12-13H,4,10-11,14H2,1-3H3,(H,26,27)(H2,23,24,25);1H. The molecular weight excluding hydrogens is 547 g/mol. The van der Waals surface area contributed by atoms with Crippen molar-refractivity contribution in [3.63, 3.8) is 0 Å². The molecule has 0 aromatic heterocycles. The van der Waals surface area contributed by atoms with Gasteiger partial charge in [0.15, 0.2) is 5.96 Å². The molecule has 0 aliphatic rings. The summed E-state index contributed by atoms with van der Waals surface area (Å²) in [5.74, 6) is 1.44. The molecule has 0 heterocycles. The van der Waals surface area contributed by atoms with Crippen molar-refractivity contribution in [1.82, 2.24) is 10.6 Å². The number of guanidine groups is 1. The van der Waals surface area contributed by atoms with E-state index in [1.807, 2.05) is 56.3 Å². The Balaban J connectivity index is 0.00000420. The largest absolute Gasteiger partial charge is 0.497 e. The number of aryl methyl sites for hydroxylation is 1. The van der Waals surface area contributed by atoms with Crippen LogP contribution in [-0.4, -0.2) is 32.1 Å². The molecule has 0 aliphatic carbocycles. The van der Waals surface area contributed by atoms with Crippen LogP contribution in [0, 0.1) is 6.92 Å². The lowest BCUT2D eigenvalue weighted by atomic mass is 10.2. The summed E-state index contributed by atoms with van der Waals surface area (Å²) < 4.78 is 6.17. The third-order valence-corrected chi connectivity index (χ3v) is 4.51. The van der Waals surface area contributed by atoms with E-state index in [1.165, 1.54) is 0 Å². The highest BCUT2D eigenvalue weighted by Crippen LogP contribution is 2.20. The molecule has 0 bridgehead atoms. The average molecular weight is 575 g/mol. The van der Waals surface area contributed by atoms with E-state index in [9.17, 15) is 4.79 Å². The molecule has 0 unspecified atom stereocenters. The van der Waals surface area contributed by atoms with Gasteiger partial charge in [-0.1, -0.05) is 34.1 Å². The van der Waals surface area contributed by atoms with Gasteiger partial charge in [0.2, 0.25) is 5.91 Å². The van der Waals surface area contributed by atoms with E-state index >= 15 is 0 Å². The fraction of sp³-hybridized carbons (Fsp3) is 0.333. The number of carbonyl (C=O) groups excluding carboxylic acids is 1. The highest BCUT2D eigenvalue weighted by atomic mass is 127. The number of benzene rings is 2. The van der Waals surface area contributed by atoms with Crippen LogP contribution in [0.1, 0.15) is 24.5 Å². The maximum Gasteiger partial charge on any atom is 0.226 e. The number of amides is 1. The second-order valence-electron chi connectivity index (χ2n) is 6.23. The Morgan fingerprint density at radius 1 is 1.17 bits per heavy atom. The number of carbonyl (C=O) groups is 1. The van der Waals surface area contributed by atoms with E-state index in [0.29, 0.717) is 25.5 Å². The number of halogens is 2. The van der Waals surface area contributed by atoms with Crippen LogP contribution in [0.15, 0.2) is 51.9 Å². The van der Waals surface area contributed by atoms with Gasteiger partial charge in [-0.05, 0) is 49.2 Å². The zero-order chi connectivity index (χ0) is 20.4. The maximum absolute atomic E-state index is 12.2. The van der Waals surface area contributed by atoms with Gasteiger partial charge in [-0.3, -0.25) is 4.79 Å². The summed E-state index contributed by atoms with van der Waals surface area (Å²) in [5, 5.41) is 9.34. The predicted molar refractivity (Wildman–Crippen MR) is 133 cm³/mol. The molecule has 0 fully saturated rings. The van der Waals surface area contributed by atoms with Crippen LogP contribution in [-0.2, 0) is 11.3 Å². The first-order valence-electron chi connectivity index (χ1n) is 9.23. The second kappa shape index (κ2) is 13.4. The Bertz CT molecular complexity index is 830. The van der Waals surface area contributed by atoms with Crippen molar-refractivity contribution in [1.29, 1.82) is 0 Å². The van der Waals surface area contributed by atoms with Crippen LogP contribution in [0.3, 0.4) is 0 Å². The van der Waals surface area contributed by atoms with E-state index in [2.05, 4.69) is 36.9 Å². The molecule has 8 heteroatoms. The average Bonchev–Trinajstić information content (AvgIpc) is 2.69. The molecule has 6 nitrogen and oxygen atoms in total. The summed E-state index contributed by atoms with van der Waals surface area (Å²) in [4.78, 5) is 16.8. The number of ether oxygens (including phenoxy) is 1. The fourth-order valence-electron chi connectivity index (χ4n) is 2.52. The van der Waals surface area contributed by atoms with Crippen LogP contribution < -0.4 is 20.7 Å². The van der Waals surface area contributed by atoms with Gasteiger partial charge in [0.1, 0.15) is 5.75 Å². The molecule has 2 rings (SSSR count). The minimum atomic E-state index is -0.0441. The number of aliphatic imine (C=N–C) groups is 1. The zero-order valence-electron chi connectivity index (χ0n) is 16.9. The molecule has 2 aromatic carbocycles. The van der Waals surface area contributed by atoms with Crippen LogP contribution in [0.4, 0.5) is 5.69 Å². The smallest absolute Gasteiger partial charge is 0.226 e. The number of hydrogen-bond donors (Lipinski definition) is 3. The highest BCUT2D eigenvalue weighted by Gasteiger charge is 2.06. The number of nitrogens with zero attached hydrogens (tertiary/aromatic N) is 1. The van der Waals surface area contributed by atoms with Gasteiger partial charge in [0.05, 0.1) is 13.7 Å². The summed E-state index contributed by atoms with van der Waals surface area (Å²) in [6.07, 6.45) is 0.343. The first kappa shape index (κ1) is 25.2. The third-order valence-electron chi connectivity index (χ3n) is 4.02. The second-order valence-corrected chi connectivity index (χ2v) is 7.15. The van der Waals surface area contributed by atoms with Crippen molar-refractivity contribution in [2.24, 2.45) is 4.99 Å². The van der Waals surface area contributed by atoms with Crippen molar-refractivity contribution in [3.05, 3.63) is 58.1 Å². The topological polar surface area (TPSA) is 74.8 Å². The molecule has 0 atom stereocenters. The monoisotopic (exact) mass is 574 g/mol. The highest BCUT2D eigenvalue weighted by molar-refractivity contribution is 14.0. The Hall–Kier alpha value is -1.81. The molecule has 2 aromatic rings. The first-order chi connectivity index (χ1) is 13.5. The van der Waals surface area contributed by atoms with Gasteiger partial charge in [-0.2, -0.15) is 0 Å². The van der Waals surface area contributed by atoms with Crippen molar-refractivity contribution in [3.8, 4) is 5.75 Å². The van der Waals surface area contributed by atoms with Gasteiger partial charge < -0.3 is 20.7 Å². The third kappa shape index (κ3) is 9.03. The Labute approximate surface area is 198 Å². The summed E-state index contributed by atoms with van der Waals surface area (Å²) in [5.41, 5.74) is 2.90. The molecule has 158 valence electrons. The SMILES string of the molecule is CCNC(=NCc1cccc(OC)c1)NCCC(=O)Nc1cc(Br)ccc1C.I. The van der Waals surface area contributed by atoms with Crippen molar-refractivity contribution in [2.45, 2.75) is 26.8 Å². The van der Waals surface area contributed by atoms with E-state index in [-0.39, 0.29) is 29.9 Å². The minimum absolute atomic E-state index is 0. The lowest BCUT2D eigenvalue weighted by Crippen LogP contribution is -2.38. The number of rotatable bonds is 8. The van der Waals surface area contributed by atoms with Crippen molar-refractivity contribution < 1.29 is 9.53 Å². The lowest BCUT2D eigenvalue weighted by molar-refractivity contribution is -0.116. The van der Waals surface area contributed by atoms with E-state index in [0.717, 1.165) is 33.6 Å². The van der Waals surface area contributed by atoms with E-state index in [1.54, 1.807) is 7.11 Å². The summed E-state index contributed by atoms with van der Waals surface area (Å²) in [6, 6.07) is 13.6. The molecule has 0 aliphatic heterocycles. The number of methoxy groups -OCH3 is 1. The Morgan fingerprint density at radius 3 is 2.69 bits per heavy atom. The number of hydrogen-bond acceptors (Lipinski definition) is 3. The summed E-state index contributed by atoms with van der Waals surface area (Å²) >= 11 is 3.43. The Morgan fingerprint density at radius 2 is 1.97 bits per heavy atom. The van der Waals surface area contributed by atoms with Crippen LogP contribution in [0.2, 0.25) is 0 Å². The van der Waals surface area contributed by atoms with Gasteiger partial charge in [0, 0.05) is 29.7 Å². The van der Waals surface area contributed by atoms with Gasteiger partial charge in [-0.25, -0.2) is 4.99 Å². The van der Waals surface area contributed by atoms with Crippen LogP contribution in [0.25, 0.3) is 0 Å². The number of anilines is 1. The first-order valence-corrected chi connectivity index (χ1v) is 10.0. The molecule has 0 saturated heterocycles. The minimum Gasteiger partial charge on any atom is -0.497 e. The predicted octanol–water partition coefficient (Wildman–Crippen LogP) is 4.47. The van der Waals surface area contributed by atoms with Crippen molar-refractivity contribution >= 4 is 57.5 Å². The van der Waals surface area contributed by atoms with Crippen LogP contribution in [0.5, 0.6) is 5.75 Å². The molecule has 0 spiro atoms. The molecule has 29 heavy (non-hydrogen) atoms. The van der Waals surface area contributed by atoms with Crippen molar-refractivity contribution in [2.75, 3.05) is 25.5 Å². The van der Waals surface area contributed by atoms with E-state index < -0.39 is 0 Å². The summed E-state index contributed by atoms with van der Waals surface area (Å²) in [7, 11) is 1.65. The molecule has 0 saturated carbocycles. The normalized spacial score (nSPS) is 10.7. The van der Waals surface area contributed by atoms with Gasteiger partial charge in [-0.15, -0.1) is 24.0 Å². The molecular formula is C21H28BrIN4O2. The van der Waals surface area contributed by atoms with Gasteiger partial charge in [0.25, 0.3) is 0 Å². The molecule has 0 radical (unpaired) electrons. The van der Waals surface area contributed by atoms with Crippen LogP contribution >= 0.6 is 39.9 Å². The van der Waals surface area contributed by atoms with E-state index in [4.69, 9.17) is 4.74 Å².